The molecule has 2 aliphatic heterocycles. The van der Waals surface area contributed by atoms with E-state index in [1.807, 2.05) is 20.8 Å². The number of nitrogens with zero attached hydrogens (tertiary/aromatic N) is 1. The van der Waals surface area contributed by atoms with Gasteiger partial charge in [0, 0.05) is 16.7 Å². The lowest BCUT2D eigenvalue weighted by molar-refractivity contribution is 0.0974. The number of carbonyl (C=O) groups is 3. The number of benzene rings is 2. The summed E-state index contributed by atoms with van der Waals surface area (Å²) in [7, 11) is 0. The molecule has 2 aliphatic carbocycles. The molecule has 1 amide bonds. The van der Waals surface area contributed by atoms with Crippen molar-refractivity contribution in [1.82, 2.24) is 0 Å². The number of fused-ring (bicyclic) bond motifs is 4. The fourth-order valence-electron chi connectivity index (χ4n) is 6.71. The van der Waals surface area contributed by atoms with Gasteiger partial charge in [0.2, 0.25) is 0 Å². The third-order valence-electron chi connectivity index (χ3n) is 8.47. The number of aliphatic hydroxyl groups is 1. The molecule has 0 spiro atoms. The van der Waals surface area contributed by atoms with Crippen molar-refractivity contribution < 1.29 is 34.1 Å². The second-order valence-electron chi connectivity index (χ2n) is 11.1. The summed E-state index contributed by atoms with van der Waals surface area (Å²) < 4.78 is 12.0. The number of carbonyl (C=O) groups excluding carboxylic acids is 3. The van der Waals surface area contributed by atoms with Gasteiger partial charge in [0.05, 0.1) is 16.8 Å². The SMILES string of the molecule is C=CCOC(=O)N1c2c(cc(O)c3c2C(=O)c2ccc(CCC)cc2C3=O)[C@@]23O[C@@]2(C(C)C)[C@@H]1C#C/C=C\C#C[C@H]3O. The summed E-state index contributed by atoms with van der Waals surface area (Å²) in [6.45, 7) is 9.24. The maximum Gasteiger partial charge on any atom is 0.415 e. The number of aromatic hydroxyl groups is 1. The Morgan fingerprint density at radius 3 is 2.55 bits per heavy atom. The zero-order valence-corrected chi connectivity index (χ0v) is 23.5. The number of epoxide rings is 1. The van der Waals surface area contributed by atoms with Crippen molar-refractivity contribution in [3.8, 4) is 29.4 Å². The largest absolute Gasteiger partial charge is 0.507 e. The lowest BCUT2D eigenvalue weighted by atomic mass is 9.67. The Kier molecular flexibility index (Phi) is 6.38. The van der Waals surface area contributed by atoms with Crippen LogP contribution in [0.2, 0.25) is 0 Å². The summed E-state index contributed by atoms with van der Waals surface area (Å²) in [6, 6.07) is 5.33. The van der Waals surface area contributed by atoms with E-state index in [1.54, 1.807) is 18.2 Å². The normalized spacial score (nSPS) is 26.7. The average Bonchev–Trinajstić information content (AvgIpc) is 3.69. The van der Waals surface area contributed by atoms with Crippen molar-refractivity contribution in [3.63, 3.8) is 0 Å². The number of anilines is 1. The van der Waals surface area contributed by atoms with Crippen LogP contribution in [-0.4, -0.2) is 52.2 Å². The van der Waals surface area contributed by atoms with Crippen LogP contribution in [0, 0.1) is 29.6 Å². The highest BCUT2D eigenvalue weighted by atomic mass is 16.6. The fraction of sp³-hybridized carbons (Fsp3) is 0.324. The predicted octanol–water partition coefficient (Wildman–Crippen LogP) is 4.19. The summed E-state index contributed by atoms with van der Waals surface area (Å²) in [5.41, 5.74) is -1.88. The van der Waals surface area contributed by atoms with Gasteiger partial charge in [0.15, 0.2) is 23.3 Å². The molecular formula is C34H29NO7. The molecule has 4 atom stereocenters. The van der Waals surface area contributed by atoms with Crippen LogP contribution < -0.4 is 4.90 Å². The molecule has 6 rings (SSSR count). The van der Waals surface area contributed by atoms with E-state index >= 15 is 0 Å². The molecule has 0 saturated carbocycles. The van der Waals surface area contributed by atoms with Crippen LogP contribution in [0.5, 0.6) is 5.75 Å². The van der Waals surface area contributed by atoms with Crippen molar-refractivity contribution in [3.05, 3.63) is 82.5 Å². The Labute approximate surface area is 243 Å². The second kappa shape index (κ2) is 9.73. The topological polar surface area (TPSA) is 117 Å². The van der Waals surface area contributed by atoms with E-state index in [9.17, 15) is 24.6 Å². The van der Waals surface area contributed by atoms with E-state index in [0.717, 1.165) is 12.0 Å². The van der Waals surface area contributed by atoms with Crippen molar-refractivity contribution in [2.24, 2.45) is 5.92 Å². The molecule has 0 aromatic heterocycles. The number of aryl methyl sites for hydroxylation is 1. The molecule has 8 nitrogen and oxygen atoms in total. The highest BCUT2D eigenvalue weighted by molar-refractivity contribution is 6.32. The summed E-state index contributed by atoms with van der Waals surface area (Å²) in [5.74, 6) is 9.66. The van der Waals surface area contributed by atoms with Crippen molar-refractivity contribution in [1.29, 1.82) is 0 Å². The van der Waals surface area contributed by atoms with Gasteiger partial charge in [-0.15, -0.1) is 0 Å². The number of amides is 1. The van der Waals surface area contributed by atoms with Gasteiger partial charge < -0.3 is 19.7 Å². The van der Waals surface area contributed by atoms with E-state index in [-0.39, 0.29) is 46.0 Å². The van der Waals surface area contributed by atoms with Gasteiger partial charge in [-0.1, -0.05) is 75.7 Å². The smallest absolute Gasteiger partial charge is 0.415 e. The molecule has 4 aliphatic rings. The first-order chi connectivity index (χ1) is 20.1. The van der Waals surface area contributed by atoms with Gasteiger partial charge >= 0.3 is 6.09 Å². The molecule has 2 N–H and O–H groups in total. The van der Waals surface area contributed by atoms with E-state index in [4.69, 9.17) is 9.47 Å². The number of rotatable bonds is 5. The van der Waals surface area contributed by atoms with Crippen LogP contribution in [-0.2, 0) is 21.5 Å². The number of allylic oxidation sites excluding steroid dienone is 2. The Morgan fingerprint density at radius 1 is 1.14 bits per heavy atom. The summed E-state index contributed by atoms with van der Waals surface area (Å²) in [4.78, 5) is 43.4. The molecule has 42 heavy (non-hydrogen) atoms. The first-order valence-corrected chi connectivity index (χ1v) is 13.9. The number of ketones is 2. The monoisotopic (exact) mass is 563 g/mol. The van der Waals surface area contributed by atoms with Gasteiger partial charge in [-0.25, -0.2) is 4.79 Å². The molecule has 2 bridgehead atoms. The van der Waals surface area contributed by atoms with Crippen molar-refractivity contribution >= 4 is 23.3 Å². The fourth-order valence-corrected chi connectivity index (χ4v) is 6.71. The Morgan fingerprint density at radius 2 is 1.86 bits per heavy atom. The summed E-state index contributed by atoms with van der Waals surface area (Å²) in [5, 5.41) is 23.0. The quantitative estimate of drug-likeness (QED) is 0.272. The number of hydrogen-bond acceptors (Lipinski definition) is 7. The van der Waals surface area contributed by atoms with Crippen LogP contribution in [0.3, 0.4) is 0 Å². The Bertz CT molecular complexity index is 1750. The molecule has 2 heterocycles. The summed E-state index contributed by atoms with van der Waals surface area (Å²) >= 11 is 0. The Hall–Kier alpha value is -4.63. The molecule has 1 fully saturated rings. The highest BCUT2D eigenvalue weighted by Crippen LogP contribution is 2.70. The van der Waals surface area contributed by atoms with E-state index in [2.05, 4.69) is 30.3 Å². The lowest BCUT2D eigenvalue weighted by Gasteiger charge is -2.43. The zero-order valence-electron chi connectivity index (χ0n) is 23.5. The van der Waals surface area contributed by atoms with Gasteiger partial charge in [-0.3, -0.25) is 14.5 Å². The van der Waals surface area contributed by atoms with Crippen LogP contribution in [0.25, 0.3) is 0 Å². The third kappa shape index (κ3) is 3.49. The van der Waals surface area contributed by atoms with E-state index in [0.29, 0.717) is 6.42 Å². The van der Waals surface area contributed by atoms with Gasteiger partial charge in [-0.2, -0.15) is 0 Å². The van der Waals surface area contributed by atoms with Gasteiger partial charge in [0.25, 0.3) is 0 Å². The number of phenols is 1. The zero-order chi connectivity index (χ0) is 30.0. The number of phenolic OH excluding ortho intramolecular Hbond substituents is 1. The minimum Gasteiger partial charge on any atom is -0.507 e. The van der Waals surface area contributed by atoms with Gasteiger partial charge in [-0.05, 0) is 42.2 Å². The standard InChI is InChI=1S/C34H29NO7/c1-5-11-20-14-15-21-22(17-20)31(39)27-24(36)18-23-29(28(27)30(21)38)35(32(40)41-16-6-2)25-12-9-7-8-10-13-26(37)34(23)33(25,42-34)19(3)4/h6-8,14-15,17-19,25-26,36-37H,2,5,11,16H2,1,3-4H3/b8-7-/t25-,26+,33-,34-/m0/s1. The molecule has 2 aromatic rings. The van der Waals surface area contributed by atoms with Crippen LogP contribution in [0.15, 0.2) is 49.1 Å². The van der Waals surface area contributed by atoms with Crippen LogP contribution in [0.1, 0.15) is 70.2 Å². The Balaban J connectivity index is 1.71. The van der Waals surface area contributed by atoms with Gasteiger partial charge in [0.1, 0.15) is 24.0 Å². The van der Waals surface area contributed by atoms with E-state index in [1.165, 1.54) is 29.2 Å². The molecule has 2 aromatic carbocycles. The molecule has 212 valence electrons. The maximum atomic E-state index is 14.3. The first-order valence-electron chi connectivity index (χ1n) is 13.9. The molecule has 8 heteroatoms. The predicted molar refractivity (Wildman–Crippen MR) is 154 cm³/mol. The van der Waals surface area contributed by atoms with Crippen LogP contribution in [0.4, 0.5) is 10.5 Å². The van der Waals surface area contributed by atoms with Crippen molar-refractivity contribution in [2.45, 2.75) is 57.0 Å². The lowest BCUT2D eigenvalue weighted by Crippen LogP contribution is -2.59. The minimum absolute atomic E-state index is 0.00280. The highest BCUT2D eigenvalue weighted by Gasteiger charge is 2.83. The third-order valence-corrected chi connectivity index (χ3v) is 8.47. The average molecular weight is 564 g/mol. The van der Waals surface area contributed by atoms with E-state index < -0.39 is 46.8 Å². The number of aliphatic hydroxyl groups excluding tert-OH is 1. The second-order valence-corrected chi connectivity index (χ2v) is 11.1. The number of hydrogen-bond donors (Lipinski definition) is 2. The summed E-state index contributed by atoms with van der Waals surface area (Å²) in [6.07, 6.45) is 3.67. The minimum atomic E-state index is -1.57. The van der Waals surface area contributed by atoms with Crippen LogP contribution >= 0.6 is 0 Å². The molecule has 0 radical (unpaired) electrons. The molecule has 0 unspecified atom stereocenters. The first kappa shape index (κ1) is 27.5. The molecular weight excluding hydrogens is 534 g/mol. The maximum absolute atomic E-state index is 14.3. The molecule has 1 saturated heterocycles. The van der Waals surface area contributed by atoms with Crippen molar-refractivity contribution in [2.75, 3.05) is 11.5 Å². The number of ether oxygens (including phenoxy) is 2.